The Morgan fingerprint density at radius 3 is 2.39 bits per heavy atom. The van der Waals surface area contributed by atoms with Crippen LogP contribution in [0.15, 0.2) is 34.9 Å². The summed E-state index contributed by atoms with van der Waals surface area (Å²) < 4.78 is 5.50. The molecule has 0 bridgehead atoms. The molecule has 8 nitrogen and oxygen atoms in total. The van der Waals surface area contributed by atoms with Crippen LogP contribution in [0.25, 0.3) is 11.4 Å². The van der Waals surface area contributed by atoms with Crippen LogP contribution in [0, 0.1) is 0 Å². The fourth-order valence-electron chi connectivity index (χ4n) is 3.91. The van der Waals surface area contributed by atoms with E-state index in [9.17, 15) is 9.59 Å². The molecule has 2 heterocycles. The second kappa shape index (κ2) is 11.0. The molecule has 1 aromatic carbocycles. The summed E-state index contributed by atoms with van der Waals surface area (Å²) >= 11 is 0. The lowest BCUT2D eigenvalue weighted by Crippen LogP contribution is -2.49. The van der Waals surface area contributed by atoms with Crippen LogP contribution in [0.5, 0.6) is 0 Å². The zero-order chi connectivity index (χ0) is 22.2. The van der Waals surface area contributed by atoms with Crippen LogP contribution in [0.3, 0.4) is 0 Å². The van der Waals surface area contributed by atoms with Crippen molar-refractivity contribution in [3.05, 3.63) is 36.2 Å². The first-order valence-corrected chi connectivity index (χ1v) is 11.2. The van der Waals surface area contributed by atoms with Crippen molar-refractivity contribution in [2.24, 2.45) is 0 Å². The van der Waals surface area contributed by atoms with E-state index in [2.05, 4.69) is 22.0 Å². The Morgan fingerprint density at radius 1 is 1.06 bits per heavy atom. The monoisotopic (exact) mass is 427 g/mol. The molecule has 0 spiro atoms. The number of amides is 2. The van der Waals surface area contributed by atoms with E-state index in [0.717, 1.165) is 31.7 Å². The predicted octanol–water partition coefficient (Wildman–Crippen LogP) is 2.98. The Hall–Kier alpha value is -2.74. The van der Waals surface area contributed by atoms with Crippen LogP contribution in [0.2, 0.25) is 0 Å². The number of hydrogen-bond donors (Lipinski definition) is 0. The minimum Gasteiger partial charge on any atom is -0.343 e. The molecule has 168 valence electrons. The molecule has 1 atom stereocenters. The van der Waals surface area contributed by atoms with Gasteiger partial charge in [0.15, 0.2) is 0 Å². The molecule has 8 heteroatoms. The first-order valence-electron chi connectivity index (χ1n) is 11.2. The van der Waals surface area contributed by atoms with Crippen molar-refractivity contribution in [3.8, 4) is 11.4 Å². The molecule has 0 aliphatic carbocycles. The second-order valence-electron chi connectivity index (χ2n) is 7.83. The molecule has 31 heavy (non-hydrogen) atoms. The van der Waals surface area contributed by atoms with Gasteiger partial charge in [0, 0.05) is 57.7 Å². The summed E-state index contributed by atoms with van der Waals surface area (Å²) in [5.74, 6) is 1.44. The van der Waals surface area contributed by atoms with Gasteiger partial charge in [-0.15, -0.1) is 0 Å². The van der Waals surface area contributed by atoms with E-state index in [0.29, 0.717) is 44.1 Å². The van der Waals surface area contributed by atoms with Crippen LogP contribution in [-0.4, -0.2) is 75.9 Å². The zero-order valence-electron chi connectivity index (χ0n) is 18.8. The Bertz CT molecular complexity index is 842. The van der Waals surface area contributed by atoms with E-state index >= 15 is 0 Å². The second-order valence-corrected chi connectivity index (χ2v) is 7.83. The largest absolute Gasteiger partial charge is 0.343 e. The van der Waals surface area contributed by atoms with Gasteiger partial charge < -0.3 is 14.3 Å². The Labute approximate surface area is 184 Å². The van der Waals surface area contributed by atoms with Gasteiger partial charge in [0.1, 0.15) is 0 Å². The third-order valence-electron chi connectivity index (χ3n) is 5.94. The van der Waals surface area contributed by atoms with Crippen molar-refractivity contribution >= 4 is 11.8 Å². The average molecular weight is 428 g/mol. The fourth-order valence-corrected chi connectivity index (χ4v) is 3.91. The van der Waals surface area contributed by atoms with Crippen molar-refractivity contribution < 1.29 is 14.1 Å². The molecule has 0 saturated carbocycles. The fraction of sp³-hybridized carbons (Fsp3) is 0.565. The maximum absolute atomic E-state index is 12.5. The highest BCUT2D eigenvalue weighted by Gasteiger charge is 2.27. The third kappa shape index (κ3) is 5.91. The SMILES string of the molecule is CCN(CC)C(=O)CCCC(=O)N1CCN(C(C)c2nc(-c3ccccc3)no2)CC1. The minimum absolute atomic E-state index is 0.00564. The number of hydrogen-bond acceptors (Lipinski definition) is 6. The van der Waals surface area contributed by atoms with Crippen molar-refractivity contribution in [2.45, 2.75) is 46.1 Å². The molecule has 1 aliphatic rings. The van der Waals surface area contributed by atoms with E-state index in [-0.39, 0.29) is 17.9 Å². The highest BCUT2D eigenvalue weighted by Crippen LogP contribution is 2.23. The van der Waals surface area contributed by atoms with Gasteiger partial charge in [-0.05, 0) is 27.2 Å². The van der Waals surface area contributed by atoms with Gasteiger partial charge in [-0.1, -0.05) is 35.5 Å². The quantitative estimate of drug-likeness (QED) is 0.612. The minimum atomic E-state index is -0.00564. The normalized spacial score (nSPS) is 15.6. The Kier molecular flexibility index (Phi) is 8.17. The molecule has 1 aromatic heterocycles. The van der Waals surface area contributed by atoms with Gasteiger partial charge >= 0.3 is 0 Å². The van der Waals surface area contributed by atoms with Crippen LogP contribution >= 0.6 is 0 Å². The molecule has 1 aliphatic heterocycles. The number of carbonyl (C=O) groups excluding carboxylic acids is 2. The van der Waals surface area contributed by atoms with E-state index in [1.54, 1.807) is 0 Å². The third-order valence-corrected chi connectivity index (χ3v) is 5.94. The lowest BCUT2D eigenvalue weighted by atomic mass is 10.1. The number of piperazine rings is 1. The van der Waals surface area contributed by atoms with Crippen molar-refractivity contribution in [2.75, 3.05) is 39.3 Å². The topological polar surface area (TPSA) is 82.8 Å². The van der Waals surface area contributed by atoms with Crippen LogP contribution in [0.1, 0.15) is 52.0 Å². The smallest absolute Gasteiger partial charge is 0.244 e. The molecule has 0 N–H and O–H groups in total. The summed E-state index contributed by atoms with van der Waals surface area (Å²) in [5.41, 5.74) is 0.930. The summed E-state index contributed by atoms with van der Waals surface area (Å²) in [4.78, 5) is 35.1. The molecule has 1 unspecified atom stereocenters. The highest BCUT2D eigenvalue weighted by molar-refractivity contribution is 5.79. The van der Waals surface area contributed by atoms with E-state index in [1.807, 2.05) is 54.0 Å². The molecule has 1 saturated heterocycles. The number of nitrogens with zero attached hydrogens (tertiary/aromatic N) is 5. The number of rotatable bonds is 9. The van der Waals surface area contributed by atoms with Gasteiger partial charge in [0.25, 0.3) is 0 Å². The van der Waals surface area contributed by atoms with Gasteiger partial charge in [-0.3, -0.25) is 14.5 Å². The average Bonchev–Trinajstić information content (AvgIpc) is 3.30. The molecular weight excluding hydrogens is 394 g/mol. The molecule has 1 fully saturated rings. The lowest BCUT2D eigenvalue weighted by Gasteiger charge is -2.36. The first-order chi connectivity index (χ1) is 15.0. The summed E-state index contributed by atoms with van der Waals surface area (Å²) in [6.07, 6.45) is 1.47. The van der Waals surface area contributed by atoms with E-state index in [4.69, 9.17) is 4.52 Å². The van der Waals surface area contributed by atoms with Gasteiger partial charge in [0.2, 0.25) is 23.5 Å². The molecule has 2 aromatic rings. The molecular formula is C23H33N5O3. The molecule has 0 radical (unpaired) electrons. The standard InChI is InChI=1S/C23H33N5O3/c1-4-26(5-2)20(29)12-9-13-21(30)28-16-14-27(15-17-28)18(3)23-24-22(25-31-23)19-10-7-6-8-11-19/h6-8,10-11,18H,4-5,9,12-17H2,1-3H3. The van der Waals surface area contributed by atoms with Gasteiger partial charge in [0.05, 0.1) is 6.04 Å². The van der Waals surface area contributed by atoms with Crippen LogP contribution < -0.4 is 0 Å². The molecule has 3 rings (SSSR count). The lowest BCUT2D eigenvalue weighted by molar-refractivity contribution is -0.134. The van der Waals surface area contributed by atoms with Crippen LogP contribution in [0.4, 0.5) is 0 Å². The Morgan fingerprint density at radius 2 is 1.74 bits per heavy atom. The first kappa shape index (κ1) is 22.9. The Balaban J connectivity index is 1.44. The maximum atomic E-state index is 12.5. The summed E-state index contributed by atoms with van der Waals surface area (Å²) in [6.45, 7) is 10.3. The van der Waals surface area contributed by atoms with Crippen molar-refractivity contribution in [1.29, 1.82) is 0 Å². The predicted molar refractivity (Wildman–Crippen MR) is 118 cm³/mol. The number of aromatic nitrogens is 2. The maximum Gasteiger partial charge on any atom is 0.244 e. The van der Waals surface area contributed by atoms with Crippen LogP contribution in [-0.2, 0) is 9.59 Å². The van der Waals surface area contributed by atoms with E-state index in [1.165, 1.54) is 0 Å². The summed E-state index contributed by atoms with van der Waals surface area (Å²) in [5, 5.41) is 4.11. The summed E-state index contributed by atoms with van der Waals surface area (Å²) in [7, 11) is 0. The van der Waals surface area contributed by atoms with E-state index < -0.39 is 0 Å². The van der Waals surface area contributed by atoms with Gasteiger partial charge in [-0.2, -0.15) is 4.98 Å². The van der Waals surface area contributed by atoms with Crippen molar-refractivity contribution in [1.82, 2.24) is 24.8 Å². The van der Waals surface area contributed by atoms with Gasteiger partial charge in [-0.25, -0.2) is 0 Å². The molecule has 2 amide bonds. The zero-order valence-corrected chi connectivity index (χ0v) is 18.8. The highest BCUT2D eigenvalue weighted by atomic mass is 16.5. The van der Waals surface area contributed by atoms with Crippen molar-refractivity contribution in [3.63, 3.8) is 0 Å². The number of carbonyl (C=O) groups is 2. The summed E-state index contributed by atoms with van der Waals surface area (Å²) in [6, 6.07) is 9.76. The number of benzene rings is 1.